The maximum absolute atomic E-state index is 5.14. The third-order valence-corrected chi connectivity index (χ3v) is 2.59. The summed E-state index contributed by atoms with van der Waals surface area (Å²) in [5, 5.41) is 0. The van der Waals surface area contributed by atoms with Gasteiger partial charge in [0.2, 0.25) is 0 Å². The Bertz CT molecular complexity index is 399. The molecule has 2 rings (SSSR count). The molecule has 0 N–H and O–H groups in total. The van der Waals surface area contributed by atoms with E-state index in [1.54, 1.807) is 7.11 Å². The van der Waals surface area contributed by atoms with Gasteiger partial charge in [0, 0.05) is 12.0 Å². The minimum Gasteiger partial charge on any atom is -0.497 e. The molecule has 3 heteroatoms. The van der Waals surface area contributed by atoms with E-state index >= 15 is 0 Å². The molecule has 0 bridgehead atoms. The van der Waals surface area contributed by atoms with Crippen LogP contribution in [0.5, 0.6) is 0 Å². The van der Waals surface area contributed by atoms with E-state index in [1.165, 1.54) is 5.57 Å². The van der Waals surface area contributed by atoms with Crippen molar-refractivity contribution in [2.45, 2.75) is 6.92 Å². The average molecular weight is 205 g/mol. The van der Waals surface area contributed by atoms with Crippen LogP contribution in [0, 0.1) is 5.92 Å². The second kappa shape index (κ2) is 3.50. The Morgan fingerprint density at radius 3 is 2.93 bits per heavy atom. The van der Waals surface area contributed by atoms with Crippen LogP contribution in [0.25, 0.3) is 0 Å². The number of nitrogens with zero attached hydrogens (tertiary/aromatic N) is 1. The summed E-state index contributed by atoms with van der Waals surface area (Å²) in [6.07, 6.45) is 7.94. The molecule has 72 valence electrons. The lowest BCUT2D eigenvalue weighted by Gasteiger charge is -2.21. The highest BCUT2D eigenvalue weighted by Crippen LogP contribution is 2.25. The summed E-state index contributed by atoms with van der Waals surface area (Å²) in [6, 6.07) is 0. The van der Waals surface area contributed by atoms with Crippen LogP contribution in [0.4, 0.5) is 0 Å². The van der Waals surface area contributed by atoms with Gasteiger partial charge in [0.25, 0.3) is 0 Å². The molecule has 0 aromatic rings. The van der Waals surface area contributed by atoms with E-state index in [1.807, 2.05) is 18.2 Å². The van der Waals surface area contributed by atoms with Crippen LogP contribution in [0.3, 0.4) is 0 Å². The van der Waals surface area contributed by atoms with Crippen LogP contribution in [0.1, 0.15) is 6.92 Å². The highest BCUT2D eigenvalue weighted by atomic mass is 32.1. The summed E-state index contributed by atoms with van der Waals surface area (Å²) in [4.78, 5) is 4.97. The first kappa shape index (κ1) is 9.34. The van der Waals surface area contributed by atoms with Crippen molar-refractivity contribution in [1.82, 2.24) is 0 Å². The summed E-state index contributed by atoms with van der Waals surface area (Å²) in [5.41, 5.74) is 2.22. The fourth-order valence-corrected chi connectivity index (χ4v) is 1.92. The Morgan fingerprint density at radius 1 is 1.43 bits per heavy atom. The highest BCUT2D eigenvalue weighted by molar-refractivity contribution is 7.80. The van der Waals surface area contributed by atoms with Gasteiger partial charge in [0.1, 0.15) is 10.7 Å². The van der Waals surface area contributed by atoms with Gasteiger partial charge in [-0.1, -0.05) is 23.9 Å². The molecule has 1 aliphatic carbocycles. The predicted molar refractivity (Wildman–Crippen MR) is 61.5 cm³/mol. The molecule has 1 unspecified atom stereocenters. The van der Waals surface area contributed by atoms with Crippen LogP contribution in [0.2, 0.25) is 0 Å². The lowest BCUT2D eigenvalue weighted by Crippen LogP contribution is -2.20. The molecule has 0 saturated carbocycles. The van der Waals surface area contributed by atoms with Crippen molar-refractivity contribution >= 4 is 22.9 Å². The summed E-state index contributed by atoms with van der Waals surface area (Å²) >= 11 is 5.07. The van der Waals surface area contributed by atoms with Crippen LogP contribution in [-0.2, 0) is 4.74 Å². The van der Waals surface area contributed by atoms with E-state index in [4.69, 9.17) is 17.0 Å². The summed E-state index contributed by atoms with van der Waals surface area (Å²) in [6.45, 7) is 2.07. The Kier molecular flexibility index (Phi) is 2.33. The molecule has 14 heavy (non-hydrogen) atoms. The number of dihydropyridines is 1. The van der Waals surface area contributed by atoms with Crippen molar-refractivity contribution in [3.8, 4) is 0 Å². The van der Waals surface area contributed by atoms with E-state index in [2.05, 4.69) is 18.0 Å². The average Bonchev–Trinajstić information content (AvgIpc) is 2.16. The molecule has 2 aliphatic rings. The van der Waals surface area contributed by atoms with Crippen molar-refractivity contribution in [3.05, 3.63) is 35.6 Å². The molecular formula is C11H11NOS. The quantitative estimate of drug-likeness (QED) is 0.613. The van der Waals surface area contributed by atoms with E-state index in [9.17, 15) is 0 Å². The van der Waals surface area contributed by atoms with Gasteiger partial charge in [-0.15, -0.1) is 0 Å². The van der Waals surface area contributed by atoms with E-state index in [0.29, 0.717) is 4.99 Å². The van der Waals surface area contributed by atoms with Crippen molar-refractivity contribution in [2.24, 2.45) is 10.9 Å². The Morgan fingerprint density at radius 2 is 2.21 bits per heavy atom. The second-order valence-corrected chi connectivity index (χ2v) is 3.77. The first-order chi connectivity index (χ1) is 6.70. The maximum atomic E-state index is 5.14. The van der Waals surface area contributed by atoms with Gasteiger partial charge >= 0.3 is 0 Å². The maximum Gasteiger partial charge on any atom is 0.126 e. The van der Waals surface area contributed by atoms with Crippen LogP contribution >= 0.6 is 12.2 Å². The highest BCUT2D eigenvalue weighted by Gasteiger charge is 2.21. The first-order valence-electron chi connectivity index (χ1n) is 4.45. The van der Waals surface area contributed by atoms with Gasteiger partial charge < -0.3 is 4.74 Å². The summed E-state index contributed by atoms with van der Waals surface area (Å²) in [5.74, 6) is 1.11. The van der Waals surface area contributed by atoms with Crippen molar-refractivity contribution in [1.29, 1.82) is 0 Å². The zero-order valence-electron chi connectivity index (χ0n) is 8.15. The molecule has 0 spiro atoms. The number of thiocarbonyl (C=S) groups is 1. The molecule has 0 aromatic heterocycles. The number of allylic oxidation sites excluding steroid dienone is 4. The van der Waals surface area contributed by atoms with E-state index in [-0.39, 0.29) is 5.92 Å². The largest absolute Gasteiger partial charge is 0.497 e. The zero-order chi connectivity index (χ0) is 10.1. The van der Waals surface area contributed by atoms with Gasteiger partial charge in [0.05, 0.1) is 12.8 Å². The minimum atomic E-state index is 0.278. The Labute approximate surface area is 88.7 Å². The lowest BCUT2D eigenvalue weighted by atomic mass is 9.89. The van der Waals surface area contributed by atoms with Crippen LogP contribution < -0.4 is 0 Å². The molecule has 0 radical (unpaired) electrons. The fraction of sp³-hybridized carbons (Fsp3) is 0.273. The van der Waals surface area contributed by atoms with Gasteiger partial charge in [-0.05, 0) is 19.1 Å². The number of hydrogen-bond donors (Lipinski definition) is 0. The van der Waals surface area contributed by atoms with Crippen molar-refractivity contribution in [3.63, 3.8) is 0 Å². The van der Waals surface area contributed by atoms with Gasteiger partial charge in [-0.2, -0.15) is 0 Å². The molecule has 1 aliphatic heterocycles. The molecule has 2 nitrogen and oxygen atoms in total. The van der Waals surface area contributed by atoms with Gasteiger partial charge in [-0.25, -0.2) is 4.99 Å². The Balaban J connectivity index is 2.38. The predicted octanol–water partition coefficient (Wildman–Crippen LogP) is 2.43. The van der Waals surface area contributed by atoms with Crippen LogP contribution in [-0.4, -0.2) is 17.8 Å². The number of aliphatic imine (C=N–C) groups is 1. The van der Waals surface area contributed by atoms with Crippen molar-refractivity contribution in [2.75, 3.05) is 7.11 Å². The molecular weight excluding hydrogens is 194 g/mol. The summed E-state index contributed by atoms with van der Waals surface area (Å²) < 4.78 is 5.14. The monoisotopic (exact) mass is 205 g/mol. The third-order valence-electron chi connectivity index (χ3n) is 2.38. The normalized spacial score (nSPS) is 24.9. The number of fused-ring (bicyclic) bond motifs is 1. The van der Waals surface area contributed by atoms with Crippen LogP contribution in [0.15, 0.2) is 40.6 Å². The smallest absolute Gasteiger partial charge is 0.126 e. The zero-order valence-corrected chi connectivity index (χ0v) is 8.97. The summed E-state index contributed by atoms with van der Waals surface area (Å²) in [7, 11) is 1.65. The minimum absolute atomic E-state index is 0.278. The third kappa shape index (κ3) is 1.55. The molecule has 1 atom stereocenters. The fourth-order valence-electron chi connectivity index (χ4n) is 1.63. The Hall–Kier alpha value is -1.22. The van der Waals surface area contributed by atoms with E-state index < -0.39 is 0 Å². The van der Waals surface area contributed by atoms with Crippen molar-refractivity contribution < 1.29 is 4.74 Å². The molecule has 0 amide bonds. The molecule has 1 heterocycles. The first-order valence-corrected chi connectivity index (χ1v) is 4.86. The van der Waals surface area contributed by atoms with Gasteiger partial charge in [0.15, 0.2) is 0 Å². The number of methoxy groups -OCH3 is 1. The molecule has 0 saturated heterocycles. The standard InChI is InChI=1S/C11H11NOS/c1-7-5-11(14)12-10-6-8(13-2)3-4-9(7)10/h3-6,9H,1-2H3. The SMILES string of the molecule is COC1=CC2=NC(=S)C=C(C)C2C=C1. The second-order valence-electron chi connectivity index (χ2n) is 3.35. The van der Waals surface area contributed by atoms with Gasteiger partial charge in [-0.3, -0.25) is 0 Å². The number of rotatable bonds is 1. The number of hydrogen-bond acceptors (Lipinski definition) is 2. The molecule has 0 fully saturated rings. The van der Waals surface area contributed by atoms with E-state index in [0.717, 1.165) is 11.5 Å². The topological polar surface area (TPSA) is 21.6 Å². The molecule has 0 aromatic carbocycles. The number of ether oxygens (including phenoxy) is 1. The lowest BCUT2D eigenvalue weighted by molar-refractivity contribution is 0.306.